The van der Waals surface area contributed by atoms with E-state index in [1.165, 1.54) is 26.9 Å². The van der Waals surface area contributed by atoms with Gasteiger partial charge < -0.3 is 23.9 Å². The Kier molecular flexibility index (Phi) is 7.40. The number of nitrogens with one attached hydrogen (secondary N) is 2. The Labute approximate surface area is 214 Å². The number of oxazole rings is 1. The highest BCUT2D eigenvalue weighted by molar-refractivity contribution is 7.80. The van der Waals surface area contributed by atoms with Crippen molar-refractivity contribution in [3.8, 4) is 28.7 Å². The number of benzene rings is 3. The summed E-state index contributed by atoms with van der Waals surface area (Å²) in [7, 11) is 4.47. The number of fused-ring (bicyclic) bond motifs is 1. The molecule has 4 aromatic rings. The van der Waals surface area contributed by atoms with Crippen LogP contribution in [0.4, 0.5) is 5.69 Å². The highest BCUT2D eigenvalue weighted by Crippen LogP contribution is 2.38. The first-order chi connectivity index (χ1) is 17.3. The maximum atomic E-state index is 12.8. The Hall–Kier alpha value is -4.11. The van der Waals surface area contributed by atoms with Gasteiger partial charge in [0.1, 0.15) is 5.52 Å². The van der Waals surface area contributed by atoms with Crippen molar-refractivity contribution in [1.82, 2.24) is 10.3 Å². The van der Waals surface area contributed by atoms with E-state index in [1.807, 2.05) is 36.4 Å². The Morgan fingerprint density at radius 1 is 0.972 bits per heavy atom. The third-order valence-corrected chi connectivity index (χ3v) is 5.80. The average molecular weight is 506 g/mol. The van der Waals surface area contributed by atoms with Crippen molar-refractivity contribution in [1.29, 1.82) is 0 Å². The molecule has 3 aromatic carbocycles. The van der Waals surface area contributed by atoms with Crippen LogP contribution >= 0.6 is 12.2 Å². The van der Waals surface area contributed by atoms with Crippen LogP contribution in [0.1, 0.15) is 35.7 Å². The molecule has 0 saturated carbocycles. The van der Waals surface area contributed by atoms with Gasteiger partial charge in [-0.2, -0.15) is 0 Å². The van der Waals surface area contributed by atoms with Crippen LogP contribution < -0.4 is 24.8 Å². The number of methoxy groups -OCH3 is 3. The number of thiocarbonyl (C=S) groups is 1. The van der Waals surface area contributed by atoms with Crippen LogP contribution in [0.15, 0.2) is 59.0 Å². The van der Waals surface area contributed by atoms with Crippen molar-refractivity contribution >= 4 is 40.0 Å². The van der Waals surface area contributed by atoms with Gasteiger partial charge in [-0.1, -0.05) is 26.0 Å². The Balaban J connectivity index is 1.50. The fraction of sp³-hybridized carbons (Fsp3) is 0.222. The minimum absolute atomic E-state index is 0.130. The van der Waals surface area contributed by atoms with Crippen molar-refractivity contribution in [3.63, 3.8) is 0 Å². The molecule has 0 fully saturated rings. The van der Waals surface area contributed by atoms with E-state index in [2.05, 4.69) is 35.5 Å². The Bertz CT molecular complexity index is 1410. The molecule has 0 spiro atoms. The molecule has 0 unspecified atom stereocenters. The molecule has 1 amide bonds. The van der Waals surface area contributed by atoms with Crippen LogP contribution in [0.25, 0.3) is 22.6 Å². The Morgan fingerprint density at radius 2 is 1.69 bits per heavy atom. The van der Waals surface area contributed by atoms with Gasteiger partial charge in [0.2, 0.25) is 11.6 Å². The molecule has 9 heteroatoms. The van der Waals surface area contributed by atoms with Gasteiger partial charge in [-0.3, -0.25) is 10.1 Å². The molecule has 186 valence electrons. The summed E-state index contributed by atoms with van der Waals surface area (Å²) in [5.74, 6) is 1.61. The average Bonchev–Trinajstić information content (AvgIpc) is 3.31. The van der Waals surface area contributed by atoms with E-state index in [0.29, 0.717) is 40.3 Å². The Morgan fingerprint density at radius 3 is 2.33 bits per heavy atom. The van der Waals surface area contributed by atoms with Crippen molar-refractivity contribution < 1.29 is 23.4 Å². The lowest BCUT2D eigenvalue weighted by atomic mass is 10.0. The molecule has 0 bridgehead atoms. The van der Waals surface area contributed by atoms with Crippen molar-refractivity contribution in [2.45, 2.75) is 19.8 Å². The number of nitrogens with zero attached hydrogens (tertiary/aromatic N) is 1. The van der Waals surface area contributed by atoms with Crippen LogP contribution in [-0.4, -0.2) is 37.3 Å². The van der Waals surface area contributed by atoms with Gasteiger partial charge in [0.15, 0.2) is 22.2 Å². The van der Waals surface area contributed by atoms with Crippen molar-refractivity contribution in [2.24, 2.45) is 0 Å². The fourth-order valence-electron chi connectivity index (χ4n) is 3.71. The van der Waals surface area contributed by atoms with E-state index < -0.39 is 5.91 Å². The number of carbonyl (C=O) groups is 1. The summed E-state index contributed by atoms with van der Waals surface area (Å²) in [4.78, 5) is 17.5. The monoisotopic (exact) mass is 505 g/mol. The minimum atomic E-state index is -0.428. The summed E-state index contributed by atoms with van der Waals surface area (Å²) >= 11 is 5.37. The van der Waals surface area contributed by atoms with Gasteiger partial charge in [0.05, 0.1) is 21.3 Å². The maximum Gasteiger partial charge on any atom is 0.257 e. The van der Waals surface area contributed by atoms with Crippen LogP contribution in [0.3, 0.4) is 0 Å². The van der Waals surface area contributed by atoms with E-state index >= 15 is 0 Å². The second-order valence-electron chi connectivity index (χ2n) is 8.30. The van der Waals surface area contributed by atoms with Crippen LogP contribution in [0.5, 0.6) is 17.2 Å². The van der Waals surface area contributed by atoms with E-state index in [-0.39, 0.29) is 5.11 Å². The standard InChI is InChI=1S/C27H27N3O5S/c1-15(2)16-9-10-21-20(12-16)29-26(35-21)17-7-6-8-19(11-17)28-27(36)30-25(31)18-13-22(32-3)24(34-5)23(14-18)33-4/h6-15H,1-5H3,(H2,28,30,31,36). The van der Waals surface area contributed by atoms with Crippen molar-refractivity contribution in [2.75, 3.05) is 26.6 Å². The number of amides is 1. The molecule has 8 nitrogen and oxygen atoms in total. The molecule has 1 heterocycles. The normalized spacial score (nSPS) is 10.8. The summed E-state index contributed by atoms with van der Waals surface area (Å²) in [6.45, 7) is 4.28. The maximum absolute atomic E-state index is 12.8. The fourth-order valence-corrected chi connectivity index (χ4v) is 3.92. The first-order valence-electron chi connectivity index (χ1n) is 11.3. The zero-order valence-electron chi connectivity index (χ0n) is 20.7. The zero-order chi connectivity index (χ0) is 25.8. The van der Waals surface area contributed by atoms with Crippen molar-refractivity contribution in [3.05, 3.63) is 65.7 Å². The quantitative estimate of drug-likeness (QED) is 0.306. The summed E-state index contributed by atoms with van der Waals surface area (Å²) in [5.41, 5.74) is 4.48. The topological polar surface area (TPSA) is 94.9 Å². The van der Waals surface area contributed by atoms with Crippen LogP contribution in [0, 0.1) is 0 Å². The highest BCUT2D eigenvalue weighted by atomic mass is 32.1. The minimum Gasteiger partial charge on any atom is -0.493 e. The summed E-state index contributed by atoms with van der Waals surface area (Å²) in [5, 5.41) is 5.84. The third kappa shape index (κ3) is 5.26. The summed E-state index contributed by atoms with van der Waals surface area (Å²) in [6.07, 6.45) is 0. The van der Waals surface area contributed by atoms with E-state index in [1.54, 1.807) is 12.1 Å². The molecule has 2 N–H and O–H groups in total. The van der Waals surface area contributed by atoms with Crippen LogP contribution in [-0.2, 0) is 0 Å². The predicted octanol–water partition coefficient (Wildman–Crippen LogP) is 5.77. The van der Waals surface area contributed by atoms with Crippen LogP contribution in [0.2, 0.25) is 0 Å². The van der Waals surface area contributed by atoms with Gasteiger partial charge in [0, 0.05) is 16.8 Å². The molecule has 0 radical (unpaired) electrons. The van der Waals surface area contributed by atoms with E-state index in [4.69, 9.17) is 30.8 Å². The smallest absolute Gasteiger partial charge is 0.257 e. The number of rotatable bonds is 7. The molecule has 1 aromatic heterocycles. The molecule has 4 rings (SSSR count). The molecule has 36 heavy (non-hydrogen) atoms. The molecule has 0 saturated heterocycles. The number of anilines is 1. The number of hydrogen-bond acceptors (Lipinski definition) is 7. The number of aromatic nitrogens is 1. The predicted molar refractivity (Wildman–Crippen MR) is 143 cm³/mol. The SMILES string of the molecule is COc1cc(C(=O)NC(=S)Nc2cccc(-c3nc4cc(C(C)C)ccc4o3)c2)cc(OC)c1OC. The van der Waals surface area contributed by atoms with E-state index in [0.717, 1.165) is 16.7 Å². The third-order valence-electron chi connectivity index (χ3n) is 5.60. The van der Waals surface area contributed by atoms with Gasteiger partial charge >= 0.3 is 0 Å². The van der Waals surface area contributed by atoms with Gasteiger partial charge in [-0.05, 0) is 66.2 Å². The molecule has 0 atom stereocenters. The lowest BCUT2D eigenvalue weighted by Gasteiger charge is -2.14. The molecule has 0 aliphatic carbocycles. The number of hydrogen-bond donors (Lipinski definition) is 2. The molecular formula is C27H27N3O5S. The summed E-state index contributed by atoms with van der Waals surface area (Å²) in [6, 6.07) is 16.6. The highest BCUT2D eigenvalue weighted by Gasteiger charge is 2.18. The van der Waals surface area contributed by atoms with E-state index in [9.17, 15) is 4.79 Å². The molecular weight excluding hydrogens is 478 g/mol. The lowest BCUT2D eigenvalue weighted by molar-refractivity contribution is 0.0977. The first kappa shape index (κ1) is 25.0. The zero-order valence-corrected chi connectivity index (χ0v) is 21.5. The van der Waals surface area contributed by atoms with Gasteiger partial charge in [-0.15, -0.1) is 0 Å². The number of carbonyl (C=O) groups excluding carboxylic acids is 1. The largest absolute Gasteiger partial charge is 0.493 e. The second kappa shape index (κ2) is 10.7. The molecule has 0 aliphatic heterocycles. The molecule has 0 aliphatic rings. The van der Waals surface area contributed by atoms with Gasteiger partial charge in [0.25, 0.3) is 5.91 Å². The first-order valence-corrected chi connectivity index (χ1v) is 11.7. The second-order valence-corrected chi connectivity index (χ2v) is 8.71. The lowest BCUT2D eigenvalue weighted by Crippen LogP contribution is -2.34. The number of ether oxygens (including phenoxy) is 3. The van der Waals surface area contributed by atoms with Gasteiger partial charge in [-0.25, -0.2) is 4.98 Å². The summed E-state index contributed by atoms with van der Waals surface area (Å²) < 4.78 is 21.9.